The Balaban J connectivity index is 2.30. The highest BCUT2D eigenvalue weighted by atomic mass is 16.5. The predicted molar refractivity (Wildman–Crippen MR) is 78.4 cm³/mol. The first-order valence-corrected chi connectivity index (χ1v) is 6.92. The molecule has 0 N–H and O–H groups in total. The van der Waals surface area contributed by atoms with Crippen molar-refractivity contribution in [2.24, 2.45) is 0 Å². The minimum Gasteiger partial charge on any atom is -0.466 e. The molecule has 0 unspecified atom stereocenters. The molecule has 1 aromatic rings. The lowest BCUT2D eigenvalue weighted by atomic mass is 10.1. The molecule has 0 fully saturated rings. The van der Waals surface area contributed by atoms with Gasteiger partial charge in [0.2, 0.25) is 0 Å². The van der Waals surface area contributed by atoms with Crippen LogP contribution in [0.25, 0.3) is 0 Å². The number of carbonyl (C=O) groups is 2. The molecule has 1 rings (SSSR count). The van der Waals surface area contributed by atoms with Gasteiger partial charge in [-0.05, 0) is 26.5 Å². The Hall–Kier alpha value is -1.68. The summed E-state index contributed by atoms with van der Waals surface area (Å²) in [5.41, 5.74) is 2.40. The maximum Gasteiger partial charge on any atom is 0.306 e. The summed E-state index contributed by atoms with van der Waals surface area (Å²) in [4.78, 5) is 24.9. The quantitative estimate of drug-likeness (QED) is 0.684. The van der Waals surface area contributed by atoms with Crippen molar-refractivity contribution in [3.05, 3.63) is 35.4 Å². The van der Waals surface area contributed by atoms with Crippen LogP contribution in [0.3, 0.4) is 0 Å². The minimum absolute atomic E-state index is 0.0627. The minimum atomic E-state index is -0.304. The second-order valence-corrected chi connectivity index (χ2v) is 5.00. The third-order valence-corrected chi connectivity index (χ3v) is 2.93. The topological polar surface area (TPSA) is 46.6 Å². The van der Waals surface area contributed by atoms with Gasteiger partial charge < -0.3 is 4.74 Å². The summed E-state index contributed by atoms with van der Waals surface area (Å²) in [7, 11) is 1.90. The van der Waals surface area contributed by atoms with E-state index in [9.17, 15) is 9.59 Å². The molecule has 20 heavy (non-hydrogen) atoms. The fourth-order valence-electron chi connectivity index (χ4n) is 1.92. The Bertz CT molecular complexity index is 440. The zero-order valence-corrected chi connectivity index (χ0v) is 12.5. The van der Waals surface area contributed by atoms with Gasteiger partial charge in [-0.15, -0.1) is 0 Å². The van der Waals surface area contributed by atoms with Gasteiger partial charge in [-0.3, -0.25) is 14.5 Å². The monoisotopic (exact) mass is 277 g/mol. The van der Waals surface area contributed by atoms with Crippen molar-refractivity contribution >= 4 is 11.8 Å². The van der Waals surface area contributed by atoms with E-state index in [1.54, 1.807) is 6.92 Å². The van der Waals surface area contributed by atoms with Gasteiger partial charge >= 0.3 is 5.97 Å². The van der Waals surface area contributed by atoms with Gasteiger partial charge in [0.15, 0.2) is 0 Å². The van der Waals surface area contributed by atoms with Gasteiger partial charge in [0.25, 0.3) is 0 Å². The normalized spacial score (nSPS) is 10.6. The van der Waals surface area contributed by atoms with E-state index in [4.69, 9.17) is 4.74 Å². The predicted octanol–water partition coefficient (Wildman–Crippen LogP) is 2.34. The molecule has 0 saturated carbocycles. The molecule has 4 heteroatoms. The third kappa shape index (κ3) is 6.48. The number of likely N-dealkylation sites (N-methyl/N-ethyl adjacent to an activating group) is 1. The van der Waals surface area contributed by atoms with Crippen LogP contribution in [-0.2, 0) is 20.9 Å². The van der Waals surface area contributed by atoms with Crippen LogP contribution < -0.4 is 0 Å². The van der Waals surface area contributed by atoms with Gasteiger partial charge in [-0.1, -0.05) is 29.8 Å². The van der Waals surface area contributed by atoms with Crippen molar-refractivity contribution in [3.8, 4) is 0 Å². The summed E-state index contributed by atoms with van der Waals surface area (Å²) in [5.74, 6) is -0.241. The fourth-order valence-corrected chi connectivity index (χ4v) is 1.92. The van der Waals surface area contributed by atoms with E-state index in [-0.39, 0.29) is 24.6 Å². The number of Topliss-reactive ketones (excluding diaryl/α,β-unsaturated/α-hetero) is 1. The first kappa shape index (κ1) is 16.4. The molecule has 0 saturated heterocycles. The van der Waals surface area contributed by atoms with Crippen LogP contribution >= 0.6 is 0 Å². The summed E-state index contributed by atoms with van der Waals surface area (Å²) in [6, 6.07) is 8.25. The van der Waals surface area contributed by atoms with Crippen molar-refractivity contribution in [3.63, 3.8) is 0 Å². The first-order chi connectivity index (χ1) is 9.51. The molecule has 0 aliphatic carbocycles. The molecule has 0 radical (unpaired) electrons. The molecule has 4 nitrogen and oxygen atoms in total. The van der Waals surface area contributed by atoms with E-state index >= 15 is 0 Å². The van der Waals surface area contributed by atoms with E-state index in [0.717, 1.165) is 6.54 Å². The Labute approximate surface area is 120 Å². The van der Waals surface area contributed by atoms with Gasteiger partial charge in [0.1, 0.15) is 5.78 Å². The van der Waals surface area contributed by atoms with Crippen molar-refractivity contribution in [2.75, 3.05) is 20.2 Å². The van der Waals surface area contributed by atoms with Gasteiger partial charge in [0.05, 0.1) is 19.6 Å². The summed E-state index contributed by atoms with van der Waals surface area (Å²) in [5, 5.41) is 0. The number of ketones is 1. The van der Waals surface area contributed by atoms with E-state index in [0.29, 0.717) is 13.2 Å². The van der Waals surface area contributed by atoms with Crippen molar-refractivity contribution in [1.82, 2.24) is 4.90 Å². The van der Waals surface area contributed by atoms with E-state index in [1.807, 2.05) is 18.9 Å². The lowest BCUT2D eigenvalue weighted by Crippen LogP contribution is -2.26. The number of carbonyl (C=O) groups excluding carboxylic acids is 2. The maximum atomic E-state index is 11.8. The van der Waals surface area contributed by atoms with E-state index in [2.05, 4.69) is 24.3 Å². The van der Waals surface area contributed by atoms with Crippen LogP contribution in [0.2, 0.25) is 0 Å². The lowest BCUT2D eigenvalue weighted by Gasteiger charge is -2.15. The molecule has 0 aliphatic heterocycles. The van der Waals surface area contributed by atoms with Crippen LogP contribution in [-0.4, -0.2) is 36.9 Å². The van der Waals surface area contributed by atoms with Crippen LogP contribution in [0.4, 0.5) is 0 Å². The van der Waals surface area contributed by atoms with E-state index in [1.165, 1.54) is 11.1 Å². The Kier molecular flexibility index (Phi) is 6.94. The number of aryl methyl sites for hydroxylation is 1. The zero-order valence-electron chi connectivity index (χ0n) is 12.5. The molecule has 110 valence electrons. The van der Waals surface area contributed by atoms with Crippen molar-refractivity contribution in [1.29, 1.82) is 0 Å². The number of hydrogen-bond acceptors (Lipinski definition) is 4. The third-order valence-electron chi connectivity index (χ3n) is 2.93. The average Bonchev–Trinajstić information content (AvgIpc) is 2.39. The highest BCUT2D eigenvalue weighted by molar-refractivity contribution is 5.84. The molecule has 0 spiro atoms. The number of benzene rings is 1. The first-order valence-electron chi connectivity index (χ1n) is 6.92. The average molecular weight is 277 g/mol. The molecule has 0 aliphatic rings. The molecule has 0 amide bonds. The second kappa shape index (κ2) is 8.48. The highest BCUT2D eigenvalue weighted by Crippen LogP contribution is 2.06. The van der Waals surface area contributed by atoms with E-state index < -0.39 is 0 Å². The number of rotatable bonds is 8. The molecule has 0 heterocycles. The highest BCUT2D eigenvalue weighted by Gasteiger charge is 2.10. The number of nitrogens with zero attached hydrogens (tertiary/aromatic N) is 1. The van der Waals surface area contributed by atoms with Gasteiger partial charge in [0, 0.05) is 13.0 Å². The Morgan fingerprint density at radius 2 is 1.80 bits per heavy atom. The Morgan fingerprint density at radius 1 is 1.15 bits per heavy atom. The Morgan fingerprint density at radius 3 is 2.40 bits per heavy atom. The summed E-state index contributed by atoms with van der Waals surface area (Å²) in [6.07, 6.45) is 0.419. The van der Waals surface area contributed by atoms with Crippen LogP contribution in [0.1, 0.15) is 30.9 Å². The molecular formula is C16H23NO3. The second-order valence-electron chi connectivity index (χ2n) is 5.00. The molecule has 0 bridgehead atoms. The van der Waals surface area contributed by atoms with Crippen molar-refractivity contribution in [2.45, 2.75) is 33.2 Å². The molecule has 1 aromatic carbocycles. The smallest absolute Gasteiger partial charge is 0.306 e. The molecule has 0 atom stereocenters. The van der Waals surface area contributed by atoms with Crippen LogP contribution in [0.15, 0.2) is 24.3 Å². The van der Waals surface area contributed by atoms with Gasteiger partial charge in [-0.25, -0.2) is 0 Å². The lowest BCUT2D eigenvalue weighted by molar-refractivity contribution is -0.144. The largest absolute Gasteiger partial charge is 0.466 e. The van der Waals surface area contributed by atoms with Crippen LogP contribution in [0, 0.1) is 6.92 Å². The van der Waals surface area contributed by atoms with Crippen LogP contribution in [0.5, 0.6) is 0 Å². The summed E-state index contributed by atoms with van der Waals surface area (Å²) in [6.45, 7) is 5.25. The SMILES string of the molecule is CCOC(=O)CCC(=O)CN(C)Cc1ccc(C)cc1. The number of hydrogen-bond donors (Lipinski definition) is 0. The standard InChI is InChI=1S/C16H23NO3/c1-4-20-16(19)10-9-15(18)12-17(3)11-14-7-5-13(2)6-8-14/h5-8H,4,9-12H2,1-3H3. The molecular weight excluding hydrogens is 254 g/mol. The maximum absolute atomic E-state index is 11.8. The number of ether oxygens (including phenoxy) is 1. The fraction of sp³-hybridized carbons (Fsp3) is 0.500. The summed E-state index contributed by atoms with van der Waals surface area (Å²) >= 11 is 0. The molecule has 0 aromatic heterocycles. The zero-order chi connectivity index (χ0) is 15.0. The summed E-state index contributed by atoms with van der Waals surface area (Å²) < 4.78 is 4.80. The van der Waals surface area contributed by atoms with Crippen molar-refractivity contribution < 1.29 is 14.3 Å². The number of esters is 1. The van der Waals surface area contributed by atoms with Gasteiger partial charge in [-0.2, -0.15) is 0 Å².